The topological polar surface area (TPSA) is 46.1 Å². The Kier molecular flexibility index (Phi) is 2.66. The molecule has 2 rings (SSSR count). The Morgan fingerprint density at radius 2 is 2.07 bits per heavy atom. The van der Waals surface area contributed by atoms with E-state index in [1.165, 1.54) is 12.8 Å². The van der Waals surface area contributed by atoms with Gasteiger partial charge >= 0.3 is 0 Å². The average molecular weight is 205 g/mol. The number of anilines is 1. The highest BCUT2D eigenvalue weighted by Gasteiger charge is 2.31. The van der Waals surface area contributed by atoms with Gasteiger partial charge in [0.05, 0.1) is 5.56 Å². The molecule has 15 heavy (non-hydrogen) atoms. The molecule has 0 aromatic carbocycles. The van der Waals surface area contributed by atoms with Crippen molar-refractivity contribution < 1.29 is 4.79 Å². The van der Waals surface area contributed by atoms with Gasteiger partial charge in [-0.1, -0.05) is 0 Å². The molecular weight excluding hydrogens is 190 g/mol. The lowest BCUT2D eigenvalue weighted by Gasteiger charge is -2.24. The predicted octanol–water partition coefficient (Wildman–Crippen LogP) is 1.52. The molecule has 1 aromatic heterocycles. The maximum Gasteiger partial charge on any atom is 0.225 e. The number of hydrogen-bond acceptors (Lipinski definition) is 4. The summed E-state index contributed by atoms with van der Waals surface area (Å²) in [6.45, 7) is 2.19. The van der Waals surface area contributed by atoms with Crippen LogP contribution in [0.4, 0.5) is 5.95 Å². The van der Waals surface area contributed by atoms with Crippen LogP contribution in [0.2, 0.25) is 0 Å². The Morgan fingerprint density at radius 1 is 1.47 bits per heavy atom. The predicted molar refractivity (Wildman–Crippen MR) is 58.0 cm³/mol. The smallest absolute Gasteiger partial charge is 0.225 e. The van der Waals surface area contributed by atoms with Crippen LogP contribution < -0.4 is 4.90 Å². The minimum atomic E-state index is 0.479. The van der Waals surface area contributed by atoms with Gasteiger partial charge < -0.3 is 4.90 Å². The molecular formula is C11H15N3O. The summed E-state index contributed by atoms with van der Waals surface area (Å²) in [5, 5.41) is 0. The van der Waals surface area contributed by atoms with Crippen LogP contribution in [0, 0.1) is 5.92 Å². The van der Waals surface area contributed by atoms with Crippen LogP contribution in [0.3, 0.4) is 0 Å². The number of nitrogens with zero attached hydrogens (tertiary/aromatic N) is 3. The average Bonchev–Trinajstić information content (AvgIpc) is 3.11. The molecule has 0 radical (unpaired) electrons. The molecule has 1 fully saturated rings. The highest BCUT2D eigenvalue weighted by atomic mass is 16.1. The lowest BCUT2D eigenvalue weighted by atomic mass is 10.2. The van der Waals surface area contributed by atoms with Crippen LogP contribution in [0.15, 0.2) is 12.4 Å². The van der Waals surface area contributed by atoms with Crippen molar-refractivity contribution in [1.82, 2.24) is 9.97 Å². The summed E-state index contributed by atoms with van der Waals surface area (Å²) < 4.78 is 0. The van der Waals surface area contributed by atoms with Crippen molar-refractivity contribution in [3.05, 3.63) is 18.0 Å². The molecule has 4 nitrogen and oxygen atoms in total. The minimum Gasteiger partial charge on any atom is -0.341 e. The van der Waals surface area contributed by atoms with Gasteiger partial charge in [-0.3, -0.25) is 4.79 Å². The lowest BCUT2D eigenvalue weighted by Crippen LogP contribution is -2.32. The zero-order valence-corrected chi connectivity index (χ0v) is 9.05. The van der Waals surface area contributed by atoms with Crippen molar-refractivity contribution in [3.63, 3.8) is 0 Å². The molecule has 0 bridgehead atoms. The van der Waals surface area contributed by atoms with Crippen LogP contribution >= 0.6 is 0 Å². The van der Waals surface area contributed by atoms with E-state index in [4.69, 9.17) is 0 Å². The van der Waals surface area contributed by atoms with Crippen molar-refractivity contribution in [2.45, 2.75) is 25.8 Å². The molecule has 80 valence electrons. The Bertz CT molecular complexity index is 345. The van der Waals surface area contributed by atoms with E-state index in [0.717, 1.165) is 12.2 Å². The molecule has 1 aromatic rings. The molecule has 0 spiro atoms. The first-order chi connectivity index (χ1) is 7.22. The van der Waals surface area contributed by atoms with Crippen LogP contribution in [0.1, 0.15) is 30.1 Å². The van der Waals surface area contributed by atoms with Gasteiger partial charge in [0, 0.05) is 25.5 Å². The summed E-state index contributed by atoms with van der Waals surface area (Å²) in [5.74, 6) is 1.48. The van der Waals surface area contributed by atoms with Gasteiger partial charge in [-0.05, 0) is 25.7 Å². The van der Waals surface area contributed by atoms with Gasteiger partial charge in [0.2, 0.25) is 5.95 Å². The van der Waals surface area contributed by atoms with Gasteiger partial charge in [-0.25, -0.2) is 9.97 Å². The van der Waals surface area contributed by atoms with Gasteiger partial charge in [0.1, 0.15) is 0 Å². The van der Waals surface area contributed by atoms with Crippen molar-refractivity contribution in [2.75, 3.05) is 11.9 Å². The van der Waals surface area contributed by atoms with E-state index in [-0.39, 0.29) is 0 Å². The maximum atomic E-state index is 10.4. The molecule has 1 atom stereocenters. The maximum absolute atomic E-state index is 10.4. The number of rotatable bonds is 4. The third kappa shape index (κ3) is 2.14. The standard InChI is InChI=1S/C11H15N3O/c1-8(10-3-4-10)14(2)11-12-5-9(7-15)6-13-11/h5-8,10H,3-4H2,1-2H3. The molecule has 1 aliphatic carbocycles. The van der Waals surface area contributed by atoms with E-state index >= 15 is 0 Å². The second kappa shape index (κ2) is 3.96. The summed E-state index contributed by atoms with van der Waals surface area (Å²) in [6.07, 6.45) is 6.49. The summed E-state index contributed by atoms with van der Waals surface area (Å²) in [5.41, 5.74) is 0.520. The van der Waals surface area contributed by atoms with Crippen molar-refractivity contribution in [2.24, 2.45) is 5.92 Å². The largest absolute Gasteiger partial charge is 0.341 e. The Balaban J connectivity index is 2.10. The first kappa shape index (κ1) is 10.1. The molecule has 1 heterocycles. The molecule has 1 saturated carbocycles. The van der Waals surface area contributed by atoms with Crippen LogP contribution in [0.5, 0.6) is 0 Å². The third-order valence-electron chi connectivity index (χ3n) is 3.02. The summed E-state index contributed by atoms with van der Waals surface area (Å²) in [7, 11) is 2.00. The normalized spacial score (nSPS) is 17.2. The summed E-state index contributed by atoms with van der Waals surface area (Å²) in [6, 6.07) is 0.479. The van der Waals surface area contributed by atoms with E-state index in [9.17, 15) is 4.79 Å². The highest BCUT2D eigenvalue weighted by Crippen LogP contribution is 2.35. The number of aromatic nitrogens is 2. The molecule has 1 unspecified atom stereocenters. The van der Waals surface area contributed by atoms with Crippen LogP contribution in [0.25, 0.3) is 0 Å². The second-order valence-corrected chi connectivity index (χ2v) is 4.12. The second-order valence-electron chi connectivity index (χ2n) is 4.12. The number of carbonyl (C=O) groups excluding carboxylic acids is 1. The number of hydrogen-bond donors (Lipinski definition) is 0. The fraction of sp³-hybridized carbons (Fsp3) is 0.545. The molecule has 0 saturated heterocycles. The van der Waals surface area contributed by atoms with Crippen molar-refractivity contribution >= 4 is 12.2 Å². The molecule has 4 heteroatoms. The third-order valence-corrected chi connectivity index (χ3v) is 3.02. The number of aldehydes is 1. The van der Waals surface area contributed by atoms with Crippen LogP contribution in [-0.4, -0.2) is 29.3 Å². The minimum absolute atomic E-state index is 0.479. The fourth-order valence-corrected chi connectivity index (χ4v) is 1.65. The van der Waals surface area contributed by atoms with Gasteiger partial charge in [-0.15, -0.1) is 0 Å². The monoisotopic (exact) mass is 205 g/mol. The quantitative estimate of drug-likeness (QED) is 0.699. The van der Waals surface area contributed by atoms with E-state index < -0.39 is 0 Å². The zero-order valence-electron chi connectivity index (χ0n) is 9.05. The molecule has 0 amide bonds. The SMILES string of the molecule is CC(C1CC1)N(C)c1ncc(C=O)cn1. The summed E-state index contributed by atoms with van der Waals surface area (Å²) in [4.78, 5) is 20.9. The Hall–Kier alpha value is -1.45. The zero-order chi connectivity index (χ0) is 10.8. The van der Waals surface area contributed by atoms with E-state index in [0.29, 0.717) is 17.6 Å². The van der Waals surface area contributed by atoms with E-state index in [1.807, 2.05) is 7.05 Å². The Morgan fingerprint density at radius 3 is 2.53 bits per heavy atom. The highest BCUT2D eigenvalue weighted by molar-refractivity contribution is 5.73. The first-order valence-corrected chi connectivity index (χ1v) is 5.22. The number of carbonyl (C=O) groups is 1. The van der Waals surface area contributed by atoms with E-state index in [2.05, 4.69) is 21.8 Å². The van der Waals surface area contributed by atoms with E-state index in [1.54, 1.807) is 12.4 Å². The summed E-state index contributed by atoms with van der Waals surface area (Å²) >= 11 is 0. The fourth-order valence-electron chi connectivity index (χ4n) is 1.65. The molecule has 0 N–H and O–H groups in total. The van der Waals surface area contributed by atoms with Gasteiger partial charge in [-0.2, -0.15) is 0 Å². The molecule has 0 aliphatic heterocycles. The van der Waals surface area contributed by atoms with Crippen LogP contribution in [-0.2, 0) is 0 Å². The first-order valence-electron chi connectivity index (χ1n) is 5.22. The van der Waals surface area contributed by atoms with Gasteiger partial charge in [0.15, 0.2) is 6.29 Å². The lowest BCUT2D eigenvalue weighted by molar-refractivity contribution is 0.112. The molecule has 1 aliphatic rings. The van der Waals surface area contributed by atoms with Crippen molar-refractivity contribution in [1.29, 1.82) is 0 Å². The van der Waals surface area contributed by atoms with Crippen molar-refractivity contribution in [3.8, 4) is 0 Å². The van der Waals surface area contributed by atoms with Gasteiger partial charge in [0.25, 0.3) is 0 Å². The Labute approximate surface area is 89.3 Å².